The summed E-state index contributed by atoms with van der Waals surface area (Å²) in [5, 5.41) is 6.04. The van der Waals surface area contributed by atoms with Crippen LogP contribution in [-0.2, 0) is 13.0 Å². The Kier molecular flexibility index (Phi) is 3.85. The number of fused-ring (bicyclic) bond motifs is 1. The molecule has 0 aliphatic carbocycles. The maximum Gasteiger partial charge on any atom is 0.322 e. The van der Waals surface area contributed by atoms with E-state index in [1.54, 1.807) is 9.58 Å². The van der Waals surface area contributed by atoms with Gasteiger partial charge in [-0.1, -0.05) is 36.4 Å². The lowest BCUT2D eigenvalue weighted by molar-refractivity contribution is 0.206. The van der Waals surface area contributed by atoms with Gasteiger partial charge in [0.05, 0.1) is 17.8 Å². The highest BCUT2D eigenvalue weighted by Crippen LogP contribution is 2.17. The molecule has 0 bridgehead atoms. The number of benzene rings is 2. The molecule has 0 saturated heterocycles. The number of amides is 2. The predicted octanol–water partition coefficient (Wildman–Crippen LogP) is 2.76. The molecule has 0 unspecified atom stereocenters. The summed E-state index contributed by atoms with van der Waals surface area (Å²) in [5.41, 5.74) is 2.99. The maximum absolute atomic E-state index is 12.7. The number of H-pyrrole nitrogens is 1. The number of para-hydroxylation sites is 2. The summed E-state index contributed by atoms with van der Waals surface area (Å²) in [4.78, 5) is 26.8. The Balaban J connectivity index is 1.56. The largest absolute Gasteiger partial charge is 0.322 e. The fourth-order valence-corrected chi connectivity index (χ4v) is 3.06. The van der Waals surface area contributed by atoms with E-state index in [9.17, 15) is 9.59 Å². The molecule has 0 radical (unpaired) electrons. The van der Waals surface area contributed by atoms with E-state index in [2.05, 4.69) is 10.4 Å². The molecule has 1 aliphatic heterocycles. The second-order valence-corrected chi connectivity index (χ2v) is 6.01. The SMILES string of the molecule is O=C(Nc1ccccc1)N1CCc2[nH]n(-c3ccccc3)c(=O)c2C1. The first-order chi connectivity index (χ1) is 12.2. The van der Waals surface area contributed by atoms with Crippen LogP contribution in [0.3, 0.4) is 0 Å². The van der Waals surface area contributed by atoms with E-state index >= 15 is 0 Å². The number of aromatic amines is 1. The fraction of sp³-hybridized carbons (Fsp3) is 0.158. The van der Waals surface area contributed by atoms with Gasteiger partial charge >= 0.3 is 6.03 Å². The predicted molar refractivity (Wildman–Crippen MR) is 96.0 cm³/mol. The molecule has 2 aromatic carbocycles. The minimum atomic E-state index is -0.191. The second kappa shape index (κ2) is 6.32. The van der Waals surface area contributed by atoms with Crippen molar-refractivity contribution in [2.45, 2.75) is 13.0 Å². The quantitative estimate of drug-likeness (QED) is 0.756. The first-order valence-electron chi connectivity index (χ1n) is 8.21. The van der Waals surface area contributed by atoms with Crippen LogP contribution in [0.4, 0.5) is 10.5 Å². The number of nitrogens with zero attached hydrogens (tertiary/aromatic N) is 2. The van der Waals surface area contributed by atoms with Crippen molar-refractivity contribution in [3.63, 3.8) is 0 Å². The topological polar surface area (TPSA) is 70.1 Å². The van der Waals surface area contributed by atoms with Crippen LogP contribution in [0.25, 0.3) is 5.69 Å². The molecule has 0 spiro atoms. The van der Waals surface area contributed by atoms with Gasteiger partial charge in [0.1, 0.15) is 0 Å². The third-order valence-electron chi connectivity index (χ3n) is 4.38. The number of nitrogens with one attached hydrogen (secondary N) is 2. The third-order valence-corrected chi connectivity index (χ3v) is 4.38. The maximum atomic E-state index is 12.7. The Morgan fingerprint density at radius 3 is 2.40 bits per heavy atom. The monoisotopic (exact) mass is 334 g/mol. The molecular weight excluding hydrogens is 316 g/mol. The van der Waals surface area contributed by atoms with Gasteiger partial charge in [-0.15, -0.1) is 0 Å². The van der Waals surface area contributed by atoms with Gasteiger partial charge in [-0.05, 0) is 24.3 Å². The summed E-state index contributed by atoms with van der Waals surface area (Å²) in [5.74, 6) is 0. The van der Waals surface area contributed by atoms with Crippen molar-refractivity contribution in [3.05, 3.63) is 82.3 Å². The van der Waals surface area contributed by atoms with Crippen LogP contribution in [0.15, 0.2) is 65.5 Å². The number of hydrogen-bond donors (Lipinski definition) is 2. The molecule has 6 heteroatoms. The molecule has 0 saturated carbocycles. The van der Waals surface area contributed by atoms with Gasteiger partial charge < -0.3 is 10.2 Å². The lowest BCUT2D eigenvalue weighted by Gasteiger charge is -2.26. The molecular formula is C19H18N4O2. The Labute approximate surface area is 144 Å². The first-order valence-corrected chi connectivity index (χ1v) is 8.21. The lowest BCUT2D eigenvalue weighted by atomic mass is 10.1. The second-order valence-electron chi connectivity index (χ2n) is 6.01. The van der Waals surface area contributed by atoms with Crippen molar-refractivity contribution in [2.24, 2.45) is 0 Å². The molecule has 2 N–H and O–H groups in total. The van der Waals surface area contributed by atoms with E-state index in [-0.39, 0.29) is 11.6 Å². The van der Waals surface area contributed by atoms with Crippen LogP contribution in [0.5, 0.6) is 0 Å². The molecule has 0 fully saturated rings. The molecule has 1 aromatic heterocycles. The zero-order valence-corrected chi connectivity index (χ0v) is 13.6. The number of aromatic nitrogens is 2. The summed E-state index contributed by atoms with van der Waals surface area (Å²) < 4.78 is 1.54. The molecule has 126 valence electrons. The van der Waals surface area contributed by atoms with E-state index in [1.807, 2.05) is 60.7 Å². The standard InChI is InChI=1S/C19H18N4O2/c24-18-16-13-22(19(25)20-14-7-3-1-4-8-14)12-11-17(16)21-23(18)15-9-5-2-6-10-15/h1-10,21H,11-13H2,(H,20,25). The van der Waals surface area contributed by atoms with Gasteiger partial charge in [0.15, 0.2) is 0 Å². The number of urea groups is 1. The van der Waals surface area contributed by atoms with E-state index < -0.39 is 0 Å². The van der Waals surface area contributed by atoms with Gasteiger partial charge in [0.2, 0.25) is 0 Å². The Hall–Kier alpha value is -3.28. The molecule has 1 aliphatic rings. The van der Waals surface area contributed by atoms with Crippen LogP contribution in [0.1, 0.15) is 11.3 Å². The van der Waals surface area contributed by atoms with Crippen LogP contribution in [-0.4, -0.2) is 27.3 Å². The molecule has 3 aromatic rings. The smallest absolute Gasteiger partial charge is 0.320 e. The highest BCUT2D eigenvalue weighted by Gasteiger charge is 2.26. The minimum Gasteiger partial charge on any atom is -0.320 e. The fourth-order valence-electron chi connectivity index (χ4n) is 3.06. The normalized spacial score (nSPS) is 13.4. The van der Waals surface area contributed by atoms with Gasteiger partial charge in [-0.3, -0.25) is 9.89 Å². The third kappa shape index (κ3) is 2.94. The lowest BCUT2D eigenvalue weighted by Crippen LogP contribution is -2.40. The molecule has 4 rings (SSSR count). The van der Waals surface area contributed by atoms with E-state index in [0.717, 1.165) is 17.1 Å². The van der Waals surface area contributed by atoms with Crippen molar-refractivity contribution < 1.29 is 4.79 Å². The van der Waals surface area contributed by atoms with Gasteiger partial charge in [0.25, 0.3) is 5.56 Å². The molecule has 2 heterocycles. The first kappa shape index (κ1) is 15.3. The summed E-state index contributed by atoms with van der Waals surface area (Å²) in [6.07, 6.45) is 0.632. The molecule has 6 nitrogen and oxygen atoms in total. The van der Waals surface area contributed by atoms with E-state index in [1.165, 1.54) is 0 Å². The van der Waals surface area contributed by atoms with E-state index in [4.69, 9.17) is 0 Å². The Bertz CT molecular complexity index is 945. The Morgan fingerprint density at radius 1 is 1.00 bits per heavy atom. The highest BCUT2D eigenvalue weighted by atomic mass is 16.2. The van der Waals surface area contributed by atoms with Crippen molar-refractivity contribution in [1.82, 2.24) is 14.7 Å². The van der Waals surface area contributed by atoms with Gasteiger partial charge in [0, 0.05) is 24.3 Å². The summed E-state index contributed by atoms with van der Waals surface area (Å²) >= 11 is 0. The average molecular weight is 334 g/mol. The van der Waals surface area contributed by atoms with Crippen LogP contribution < -0.4 is 10.9 Å². The molecule has 2 amide bonds. The van der Waals surface area contributed by atoms with Crippen molar-refractivity contribution in [3.8, 4) is 5.69 Å². The number of hydrogen-bond acceptors (Lipinski definition) is 2. The van der Waals surface area contributed by atoms with Crippen molar-refractivity contribution >= 4 is 11.7 Å². The van der Waals surface area contributed by atoms with Gasteiger partial charge in [-0.25, -0.2) is 9.48 Å². The number of rotatable bonds is 2. The van der Waals surface area contributed by atoms with Crippen LogP contribution in [0.2, 0.25) is 0 Å². The number of carbonyl (C=O) groups is 1. The van der Waals surface area contributed by atoms with Crippen LogP contribution >= 0.6 is 0 Å². The zero-order valence-electron chi connectivity index (χ0n) is 13.6. The average Bonchev–Trinajstić information content (AvgIpc) is 2.99. The summed E-state index contributed by atoms with van der Waals surface area (Å²) in [7, 11) is 0. The van der Waals surface area contributed by atoms with Crippen molar-refractivity contribution in [2.75, 3.05) is 11.9 Å². The molecule has 25 heavy (non-hydrogen) atoms. The highest BCUT2D eigenvalue weighted by molar-refractivity contribution is 5.89. The molecule has 0 atom stereocenters. The summed E-state index contributed by atoms with van der Waals surface area (Å²) in [6, 6.07) is 18.6. The van der Waals surface area contributed by atoms with E-state index in [0.29, 0.717) is 25.1 Å². The zero-order chi connectivity index (χ0) is 17.2. The Morgan fingerprint density at radius 2 is 1.68 bits per heavy atom. The van der Waals surface area contributed by atoms with Gasteiger partial charge in [-0.2, -0.15) is 0 Å². The van der Waals surface area contributed by atoms with Crippen LogP contribution in [0, 0.1) is 0 Å². The summed E-state index contributed by atoms with van der Waals surface area (Å²) in [6.45, 7) is 0.879. The van der Waals surface area contributed by atoms with Crippen molar-refractivity contribution in [1.29, 1.82) is 0 Å². The number of anilines is 1. The number of carbonyl (C=O) groups excluding carboxylic acids is 1. The minimum absolute atomic E-state index is 0.0987.